The van der Waals surface area contributed by atoms with Crippen LogP contribution >= 0.6 is 0 Å². The summed E-state index contributed by atoms with van der Waals surface area (Å²) in [5.41, 5.74) is 1.90. The van der Waals surface area contributed by atoms with E-state index in [1.165, 1.54) is 57.1 Å². The van der Waals surface area contributed by atoms with E-state index < -0.39 is 0 Å². The van der Waals surface area contributed by atoms with Gasteiger partial charge in [-0.3, -0.25) is 4.79 Å². The van der Waals surface area contributed by atoms with Crippen LogP contribution in [0.5, 0.6) is 0 Å². The Hall–Kier alpha value is -0.830. The lowest BCUT2D eigenvalue weighted by molar-refractivity contribution is -0.137. The summed E-state index contributed by atoms with van der Waals surface area (Å²) in [5.74, 6) is 3.38. The molecule has 0 radical (unpaired) electrons. The third-order valence-electron chi connectivity index (χ3n) is 9.61. The highest BCUT2D eigenvalue weighted by Crippen LogP contribution is 2.66. The number of ether oxygens (including phenoxy) is 1. The van der Waals surface area contributed by atoms with E-state index in [9.17, 15) is 4.79 Å². The van der Waals surface area contributed by atoms with Crippen molar-refractivity contribution in [3.05, 3.63) is 11.8 Å². The summed E-state index contributed by atoms with van der Waals surface area (Å²) in [6, 6.07) is 0. The Morgan fingerprint density at radius 1 is 1.18 bits per heavy atom. The normalized spacial score (nSPS) is 48.0. The number of likely N-dealkylation sites (tertiary alicyclic amines) is 1. The number of amides is 1. The largest absolute Gasteiger partial charge is 0.374 e. The lowest BCUT2D eigenvalue weighted by Crippen LogP contribution is -2.54. The highest BCUT2D eigenvalue weighted by molar-refractivity contribution is 5.79. The molecule has 3 nitrogen and oxygen atoms in total. The van der Waals surface area contributed by atoms with Gasteiger partial charge >= 0.3 is 0 Å². The second-order valence-corrected chi connectivity index (χ2v) is 11.2. The first kappa shape index (κ1) is 19.2. The maximum absolute atomic E-state index is 12.3. The highest BCUT2D eigenvalue weighted by atomic mass is 16.5. The molecule has 4 fully saturated rings. The van der Waals surface area contributed by atoms with Crippen molar-refractivity contribution in [3.8, 4) is 0 Å². The van der Waals surface area contributed by atoms with Crippen molar-refractivity contribution in [1.29, 1.82) is 0 Å². The van der Waals surface area contributed by atoms with Gasteiger partial charge < -0.3 is 9.64 Å². The minimum absolute atomic E-state index is 0.197. The Bertz CT molecular complexity index is 682. The van der Waals surface area contributed by atoms with Gasteiger partial charge in [-0.05, 0) is 80.5 Å². The second-order valence-electron chi connectivity index (χ2n) is 11.2. The van der Waals surface area contributed by atoms with E-state index >= 15 is 0 Å². The van der Waals surface area contributed by atoms with Gasteiger partial charge in [-0.1, -0.05) is 33.3 Å². The second kappa shape index (κ2) is 6.59. The minimum atomic E-state index is 0.197. The van der Waals surface area contributed by atoms with Crippen molar-refractivity contribution in [2.75, 3.05) is 7.05 Å². The lowest BCUT2D eigenvalue weighted by atomic mass is 9.49. The third-order valence-corrected chi connectivity index (χ3v) is 9.61. The van der Waals surface area contributed by atoms with Crippen LogP contribution in [0.1, 0.15) is 85.0 Å². The number of hydrogen-bond donors (Lipinski definition) is 0. The van der Waals surface area contributed by atoms with Gasteiger partial charge in [-0.25, -0.2) is 0 Å². The fraction of sp³-hybridized carbons (Fsp3) is 0.880. The number of hydrogen-bond acceptors (Lipinski definition) is 2. The zero-order chi connectivity index (χ0) is 19.7. The van der Waals surface area contributed by atoms with Crippen molar-refractivity contribution in [2.45, 2.75) is 97.2 Å². The van der Waals surface area contributed by atoms with Gasteiger partial charge in [0.2, 0.25) is 5.91 Å². The van der Waals surface area contributed by atoms with Gasteiger partial charge in [-0.15, -0.1) is 0 Å². The van der Waals surface area contributed by atoms with Crippen LogP contribution < -0.4 is 0 Å². The number of rotatable bonds is 4. The number of fused-ring (bicyclic) bond motifs is 5. The lowest BCUT2D eigenvalue weighted by Gasteiger charge is -2.58. The fourth-order valence-corrected chi connectivity index (χ4v) is 8.03. The predicted octanol–water partition coefficient (Wildman–Crippen LogP) is 5.55. The maximum atomic E-state index is 12.3. The van der Waals surface area contributed by atoms with E-state index in [1.807, 2.05) is 11.9 Å². The molecule has 3 saturated carbocycles. The van der Waals surface area contributed by atoms with Crippen LogP contribution in [-0.4, -0.2) is 30.1 Å². The molecule has 0 aromatic carbocycles. The summed E-state index contributed by atoms with van der Waals surface area (Å²) < 4.78 is 6.73. The summed E-state index contributed by atoms with van der Waals surface area (Å²) >= 11 is 0. The first-order valence-corrected chi connectivity index (χ1v) is 12.0. The molecule has 1 saturated heterocycles. The molecule has 4 aliphatic carbocycles. The standard InChI is InChI=1S/C25H39NO2/c1-5-6-16-15-20-18-9-10-21-24(2,14-12-22(27)26(21)4)19(18)11-13-25(20,3)23(16)28-17-7-8-17/h10,16-20,23H,5-9,11-15H2,1-4H3/t16-,18+,19-,20-,23-,24+,25-/m0/s1. The summed E-state index contributed by atoms with van der Waals surface area (Å²) in [5, 5.41) is 0. The van der Waals surface area contributed by atoms with Gasteiger partial charge in [-0.2, -0.15) is 0 Å². The number of carbonyl (C=O) groups excluding carboxylic acids is 1. The molecule has 1 heterocycles. The molecular weight excluding hydrogens is 346 g/mol. The number of carbonyl (C=O) groups is 1. The van der Waals surface area contributed by atoms with Gasteiger partial charge in [0.05, 0.1) is 12.2 Å². The third kappa shape index (κ3) is 2.67. The molecule has 5 rings (SSSR count). The number of nitrogens with zero attached hydrogens (tertiary/aromatic N) is 1. The molecule has 7 atom stereocenters. The van der Waals surface area contributed by atoms with Crippen LogP contribution in [0.2, 0.25) is 0 Å². The van der Waals surface area contributed by atoms with Crippen LogP contribution in [0.25, 0.3) is 0 Å². The van der Waals surface area contributed by atoms with Crippen LogP contribution in [0.15, 0.2) is 11.8 Å². The Morgan fingerprint density at radius 2 is 1.96 bits per heavy atom. The zero-order valence-electron chi connectivity index (χ0n) is 18.4. The molecule has 0 aromatic heterocycles. The van der Waals surface area contributed by atoms with E-state index in [0.29, 0.717) is 23.5 Å². The minimum Gasteiger partial charge on any atom is -0.374 e. The van der Waals surface area contributed by atoms with E-state index in [1.54, 1.807) is 0 Å². The Morgan fingerprint density at radius 3 is 2.68 bits per heavy atom. The van der Waals surface area contributed by atoms with E-state index in [-0.39, 0.29) is 5.41 Å². The van der Waals surface area contributed by atoms with Gasteiger partial charge in [0.15, 0.2) is 0 Å². The average Bonchev–Trinajstić information content (AvgIpc) is 3.44. The van der Waals surface area contributed by atoms with Crippen molar-refractivity contribution >= 4 is 5.91 Å². The first-order chi connectivity index (χ1) is 13.4. The summed E-state index contributed by atoms with van der Waals surface area (Å²) in [6.45, 7) is 7.39. The van der Waals surface area contributed by atoms with Crippen molar-refractivity contribution < 1.29 is 9.53 Å². The molecule has 1 aliphatic heterocycles. The SMILES string of the molecule is CCC[C@H]1C[C@H]2[C@@H]3CC=C4N(C)C(=O)CC[C@]4(C)[C@H]3CC[C@]2(C)[C@H]1OC1CC1. The quantitative estimate of drug-likeness (QED) is 0.635. The predicted molar refractivity (Wildman–Crippen MR) is 112 cm³/mol. The van der Waals surface area contributed by atoms with Crippen LogP contribution in [0, 0.1) is 34.5 Å². The molecule has 0 unspecified atom stereocenters. The van der Waals surface area contributed by atoms with E-state index in [4.69, 9.17) is 4.74 Å². The van der Waals surface area contributed by atoms with Gasteiger partial charge in [0.1, 0.15) is 0 Å². The molecule has 156 valence electrons. The van der Waals surface area contributed by atoms with Crippen LogP contribution in [-0.2, 0) is 9.53 Å². The fourth-order valence-electron chi connectivity index (χ4n) is 8.03. The molecule has 0 spiro atoms. The number of piperidine rings is 1. The van der Waals surface area contributed by atoms with Gasteiger partial charge in [0.25, 0.3) is 0 Å². The molecule has 3 heteroatoms. The summed E-state index contributed by atoms with van der Waals surface area (Å²) in [6.07, 6.45) is 15.6. The topological polar surface area (TPSA) is 29.5 Å². The van der Waals surface area contributed by atoms with E-state index in [0.717, 1.165) is 36.5 Å². The Balaban J connectivity index is 1.46. The highest BCUT2D eigenvalue weighted by Gasteiger charge is 2.62. The van der Waals surface area contributed by atoms with Crippen LogP contribution in [0.3, 0.4) is 0 Å². The van der Waals surface area contributed by atoms with Crippen LogP contribution in [0.4, 0.5) is 0 Å². The number of allylic oxidation sites excluding steroid dienone is 2. The van der Waals surface area contributed by atoms with Crippen molar-refractivity contribution in [1.82, 2.24) is 4.90 Å². The smallest absolute Gasteiger partial charge is 0.226 e. The molecule has 0 aromatic rings. The average molecular weight is 386 g/mol. The maximum Gasteiger partial charge on any atom is 0.226 e. The summed E-state index contributed by atoms with van der Waals surface area (Å²) in [4.78, 5) is 14.3. The van der Waals surface area contributed by atoms with Crippen molar-refractivity contribution in [2.24, 2.45) is 34.5 Å². The first-order valence-electron chi connectivity index (χ1n) is 12.0. The molecule has 28 heavy (non-hydrogen) atoms. The molecule has 0 bridgehead atoms. The van der Waals surface area contributed by atoms with Gasteiger partial charge in [0, 0.05) is 24.6 Å². The van der Waals surface area contributed by atoms with E-state index in [2.05, 4.69) is 26.8 Å². The monoisotopic (exact) mass is 385 g/mol. The Kier molecular flexibility index (Phi) is 4.51. The molecule has 0 N–H and O–H groups in total. The zero-order valence-corrected chi connectivity index (χ0v) is 18.4. The molecule has 1 amide bonds. The molecular formula is C25H39NO2. The molecule has 5 aliphatic rings. The summed E-state index contributed by atoms with van der Waals surface area (Å²) in [7, 11) is 2.01. The van der Waals surface area contributed by atoms with Crippen molar-refractivity contribution in [3.63, 3.8) is 0 Å². The Labute approximate surface area is 171 Å².